The molecule has 1 N–H and O–H groups in total. The van der Waals surface area contributed by atoms with Gasteiger partial charge in [0.05, 0.1) is 12.2 Å². The highest BCUT2D eigenvalue weighted by Gasteiger charge is 2.47. The van der Waals surface area contributed by atoms with E-state index in [9.17, 15) is 18.0 Å². The van der Waals surface area contributed by atoms with Crippen LogP contribution in [0.5, 0.6) is 5.75 Å². The fraction of sp³-hybridized carbons (Fsp3) is 0.520. The Balaban J connectivity index is 1.42. The first-order valence-corrected chi connectivity index (χ1v) is 11.6. The SMILES string of the molecule is Cc1c(OCCCO)ccc([C@H](C)N2C[C@H]3C[C@@H]2CN3C(=O)c2ccc(C(F)(F)F)cn2)c1C. The zero-order valence-electron chi connectivity index (χ0n) is 19.6. The monoisotopic (exact) mass is 477 g/mol. The molecule has 2 fully saturated rings. The van der Waals surface area contributed by atoms with Gasteiger partial charge in [0.1, 0.15) is 11.4 Å². The minimum absolute atomic E-state index is 0.0199. The van der Waals surface area contributed by atoms with E-state index in [0.717, 1.165) is 36.1 Å². The highest BCUT2D eigenvalue weighted by Crippen LogP contribution is 2.39. The molecule has 0 aliphatic carbocycles. The van der Waals surface area contributed by atoms with Crippen molar-refractivity contribution in [1.29, 1.82) is 0 Å². The van der Waals surface area contributed by atoms with E-state index >= 15 is 0 Å². The maximum Gasteiger partial charge on any atom is 0.417 e. The molecule has 2 aliphatic heterocycles. The zero-order valence-corrected chi connectivity index (χ0v) is 19.6. The van der Waals surface area contributed by atoms with Crippen molar-refractivity contribution in [2.45, 2.75) is 57.9 Å². The number of halogens is 3. The molecule has 0 spiro atoms. The lowest BCUT2D eigenvalue weighted by Crippen LogP contribution is -2.49. The highest BCUT2D eigenvalue weighted by atomic mass is 19.4. The van der Waals surface area contributed by atoms with Crippen LogP contribution in [0.15, 0.2) is 30.5 Å². The van der Waals surface area contributed by atoms with E-state index in [1.165, 1.54) is 11.1 Å². The van der Waals surface area contributed by atoms with Crippen LogP contribution in [0.25, 0.3) is 0 Å². The molecule has 9 heteroatoms. The van der Waals surface area contributed by atoms with Crippen molar-refractivity contribution in [1.82, 2.24) is 14.8 Å². The molecule has 184 valence electrons. The Morgan fingerprint density at radius 2 is 1.94 bits per heavy atom. The highest BCUT2D eigenvalue weighted by molar-refractivity contribution is 5.93. The Kier molecular flexibility index (Phi) is 6.87. The maximum absolute atomic E-state index is 12.9. The van der Waals surface area contributed by atoms with Crippen molar-refractivity contribution < 1.29 is 27.8 Å². The third kappa shape index (κ3) is 4.63. The molecule has 34 heavy (non-hydrogen) atoms. The summed E-state index contributed by atoms with van der Waals surface area (Å²) in [4.78, 5) is 20.9. The molecule has 1 aromatic heterocycles. The van der Waals surface area contributed by atoms with E-state index < -0.39 is 11.7 Å². The summed E-state index contributed by atoms with van der Waals surface area (Å²) < 4.78 is 44.2. The maximum atomic E-state index is 12.9. The number of fused-ring (bicyclic) bond motifs is 2. The van der Waals surface area contributed by atoms with E-state index in [1.54, 1.807) is 4.90 Å². The van der Waals surface area contributed by atoms with Gasteiger partial charge in [0.2, 0.25) is 0 Å². The van der Waals surface area contributed by atoms with Gasteiger partial charge in [-0.05, 0) is 62.1 Å². The number of aromatic nitrogens is 1. The van der Waals surface area contributed by atoms with E-state index in [-0.39, 0.29) is 36.3 Å². The van der Waals surface area contributed by atoms with Gasteiger partial charge in [0.25, 0.3) is 5.91 Å². The Labute approximate surface area is 197 Å². The standard InChI is InChI=1S/C25H30F3N3O3/c1-15-16(2)23(34-10-4-9-32)8-6-21(15)17(3)30-13-20-11-19(30)14-31(20)24(33)22-7-5-18(12-29-22)25(26,27)28/h5-8,12,17,19-20,32H,4,9-11,13-14H2,1-3H3/t17-,19+,20+/m0/s1. The second-order valence-electron chi connectivity index (χ2n) is 9.13. The number of aliphatic hydroxyl groups excluding tert-OH is 1. The van der Waals surface area contributed by atoms with Crippen LogP contribution in [0.3, 0.4) is 0 Å². The summed E-state index contributed by atoms with van der Waals surface area (Å²) in [5.74, 6) is 0.510. The number of hydrogen-bond acceptors (Lipinski definition) is 5. The molecule has 2 saturated heterocycles. The molecule has 3 heterocycles. The van der Waals surface area contributed by atoms with Crippen molar-refractivity contribution >= 4 is 5.91 Å². The lowest BCUT2D eigenvalue weighted by Gasteiger charge is -2.38. The van der Waals surface area contributed by atoms with Crippen LogP contribution < -0.4 is 4.74 Å². The van der Waals surface area contributed by atoms with Gasteiger partial charge in [-0.3, -0.25) is 14.7 Å². The number of likely N-dealkylation sites (tertiary alicyclic amines) is 2. The molecule has 2 aliphatic rings. The van der Waals surface area contributed by atoms with Gasteiger partial charge < -0.3 is 14.7 Å². The van der Waals surface area contributed by atoms with Crippen molar-refractivity contribution in [2.24, 2.45) is 0 Å². The first-order chi connectivity index (χ1) is 16.1. The Morgan fingerprint density at radius 1 is 1.18 bits per heavy atom. The molecular weight excluding hydrogens is 447 g/mol. The molecule has 3 atom stereocenters. The smallest absolute Gasteiger partial charge is 0.417 e. The number of piperazine rings is 1. The van der Waals surface area contributed by atoms with Crippen LogP contribution in [-0.2, 0) is 6.18 Å². The normalized spacial score (nSPS) is 21.2. The van der Waals surface area contributed by atoms with Crippen molar-refractivity contribution in [3.63, 3.8) is 0 Å². The third-order valence-corrected chi connectivity index (χ3v) is 7.14. The largest absolute Gasteiger partial charge is 0.493 e. The lowest BCUT2D eigenvalue weighted by atomic mass is 9.96. The summed E-state index contributed by atoms with van der Waals surface area (Å²) in [5.41, 5.74) is 2.64. The third-order valence-electron chi connectivity index (χ3n) is 7.14. The van der Waals surface area contributed by atoms with E-state index in [2.05, 4.69) is 29.8 Å². The van der Waals surface area contributed by atoms with Crippen LogP contribution in [0.2, 0.25) is 0 Å². The topological polar surface area (TPSA) is 65.9 Å². The fourth-order valence-corrected chi connectivity index (χ4v) is 5.11. The summed E-state index contributed by atoms with van der Waals surface area (Å²) in [7, 11) is 0. The lowest BCUT2D eigenvalue weighted by molar-refractivity contribution is -0.137. The van der Waals surface area contributed by atoms with Crippen LogP contribution in [0.4, 0.5) is 13.2 Å². The minimum atomic E-state index is -4.47. The predicted molar refractivity (Wildman–Crippen MR) is 121 cm³/mol. The first-order valence-electron chi connectivity index (χ1n) is 11.6. The summed E-state index contributed by atoms with van der Waals surface area (Å²) in [6, 6.07) is 6.50. The molecule has 0 unspecified atom stereocenters. The van der Waals surface area contributed by atoms with Gasteiger partial charge in [-0.25, -0.2) is 0 Å². The summed E-state index contributed by atoms with van der Waals surface area (Å²) >= 11 is 0. The number of benzene rings is 1. The Hall–Kier alpha value is -2.65. The molecule has 1 amide bonds. The number of aliphatic hydroxyl groups is 1. The number of ether oxygens (including phenoxy) is 1. The molecule has 6 nitrogen and oxygen atoms in total. The first kappa shape index (κ1) is 24.5. The van der Waals surface area contributed by atoms with Crippen LogP contribution in [0.1, 0.15) is 58.5 Å². The van der Waals surface area contributed by atoms with E-state index in [1.807, 2.05) is 13.0 Å². The summed E-state index contributed by atoms with van der Waals surface area (Å²) in [5, 5.41) is 8.96. The van der Waals surface area contributed by atoms with Gasteiger partial charge in [-0.15, -0.1) is 0 Å². The zero-order chi connectivity index (χ0) is 24.6. The van der Waals surface area contributed by atoms with E-state index in [0.29, 0.717) is 26.1 Å². The van der Waals surface area contributed by atoms with Crippen LogP contribution in [0, 0.1) is 13.8 Å². The van der Waals surface area contributed by atoms with Crippen LogP contribution >= 0.6 is 0 Å². The minimum Gasteiger partial charge on any atom is -0.493 e. The molecule has 1 aromatic carbocycles. The van der Waals surface area contributed by atoms with Gasteiger partial charge in [0.15, 0.2) is 0 Å². The van der Waals surface area contributed by atoms with Crippen molar-refractivity contribution in [3.05, 3.63) is 58.4 Å². The molecule has 2 aromatic rings. The van der Waals surface area contributed by atoms with Crippen molar-refractivity contribution in [2.75, 3.05) is 26.3 Å². The Bertz CT molecular complexity index is 1040. The van der Waals surface area contributed by atoms with Crippen LogP contribution in [-0.4, -0.2) is 64.2 Å². The predicted octanol–water partition coefficient (Wildman–Crippen LogP) is 4.14. The molecule has 0 radical (unpaired) electrons. The summed E-state index contributed by atoms with van der Waals surface area (Å²) in [6.45, 7) is 8.10. The number of alkyl halides is 3. The molecule has 0 saturated carbocycles. The second-order valence-corrected chi connectivity index (χ2v) is 9.13. The second kappa shape index (κ2) is 9.54. The average Bonchev–Trinajstić information content (AvgIpc) is 3.42. The number of pyridine rings is 1. The van der Waals surface area contributed by atoms with E-state index in [4.69, 9.17) is 9.84 Å². The molecular formula is C25H30F3N3O3. The number of carbonyl (C=O) groups excluding carboxylic acids is 1. The van der Waals surface area contributed by atoms with Gasteiger partial charge in [-0.1, -0.05) is 6.07 Å². The number of carbonyl (C=O) groups is 1. The quantitative estimate of drug-likeness (QED) is 0.608. The van der Waals surface area contributed by atoms with Gasteiger partial charge >= 0.3 is 6.18 Å². The van der Waals surface area contributed by atoms with Crippen molar-refractivity contribution in [3.8, 4) is 5.75 Å². The number of amides is 1. The van der Waals surface area contributed by atoms with Gasteiger partial charge in [-0.2, -0.15) is 13.2 Å². The fourth-order valence-electron chi connectivity index (χ4n) is 5.11. The molecule has 2 bridgehead atoms. The molecule has 4 rings (SSSR count). The number of hydrogen-bond donors (Lipinski definition) is 1. The number of nitrogens with zero attached hydrogens (tertiary/aromatic N) is 3. The van der Waals surface area contributed by atoms with Gasteiger partial charge in [0, 0.05) is 50.4 Å². The number of rotatable bonds is 7. The summed E-state index contributed by atoms with van der Waals surface area (Å²) in [6.07, 6.45) is -2.32. The average molecular weight is 478 g/mol. The Morgan fingerprint density at radius 3 is 2.53 bits per heavy atom.